The number of aryl methyl sites for hydroxylation is 1. The molecule has 1 aliphatic rings. The largest absolute Gasteiger partial charge is 0.368 e. The number of pyridine rings is 1. The van der Waals surface area contributed by atoms with Gasteiger partial charge in [0.15, 0.2) is 0 Å². The van der Waals surface area contributed by atoms with Gasteiger partial charge in [-0.2, -0.15) is 0 Å². The first-order chi connectivity index (χ1) is 14.1. The summed E-state index contributed by atoms with van der Waals surface area (Å²) in [5.74, 6) is -0.853. The molecule has 1 unspecified atom stereocenters. The lowest BCUT2D eigenvalue weighted by atomic mass is 9.99. The van der Waals surface area contributed by atoms with E-state index in [1.165, 1.54) is 0 Å². The molecule has 0 aliphatic heterocycles. The van der Waals surface area contributed by atoms with Crippen LogP contribution in [0, 0.1) is 0 Å². The first-order valence-corrected chi connectivity index (χ1v) is 9.79. The fourth-order valence-corrected chi connectivity index (χ4v) is 4.19. The van der Waals surface area contributed by atoms with E-state index in [0.717, 1.165) is 17.5 Å². The Morgan fingerprint density at radius 1 is 1.10 bits per heavy atom. The second-order valence-corrected chi connectivity index (χ2v) is 7.50. The van der Waals surface area contributed by atoms with Gasteiger partial charge < -0.3 is 10.6 Å². The third kappa shape index (κ3) is 3.74. The molecule has 2 amide bonds. The molecule has 6 heteroatoms. The fraction of sp³-hybridized carbons (Fsp3) is 0.174. The summed E-state index contributed by atoms with van der Waals surface area (Å²) in [4.78, 5) is 31.9. The molecule has 146 valence electrons. The molecule has 0 fully saturated rings. The number of halogens is 1. The Morgan fingerprint density at radius 2 is 1.90 bits per heavy atom. The maximum Gasteiger partial charge on any atom is 0.255 e. The van der Waals surface area contributed by atoms with Crippen molar-refractivity contribution in [2.75, 3.05) is 0 Å². The number of hydrogen-bond donors (Lipinski definition) is 1. The number of carbonyl (C=O) groups is 2. The van der Waals surface area contributed by atoms with Crippen molar-refractivity contribution in [3.8, 4) is 0 Å². The van der Waals surface area contributed by atoms with Crippen LogP contribution in [0.2, 0.25) is 5.02 Å². The van der Waals surface area contributed by atoms with E-state index in [9.17, 15) is 9.59 Å². The molecule has 29 heavy (non-hydrogen) atoms. The van der Waals surface area contributed by atoms with Crippen molar-refractivity contribution < 1.29 is 9.59 Å². The van der Waals surface area contributed by atoms with Gasteiger partial charge in [0.1, 0.15) is 6.04 Å². The van der Waals surface area contributed by atoms with Crippen LogP contribution in [0.3, 0.4) is 0 Å². The number of rotatable bonds is 5. The van der Waals surface area contributed by atoms with Crippen molar-refractivity contribution >= 4 is 23.4 Å². The summed E-state index contributed by atoms with van der Waals surface area (Å²) in [6, 6.07) is 16.9. The summed E-state index contributed by atoms with van der Waals surface area (Å²) < 4.78 is 0. The van der Waals surface area contributed by atoms with E-state index in [1.807, 2.05) is 24.3 Å². The number of carbonyl (C=O) groups excluding carboxylic acids is 2. The molecule has 2 atom stereocenters. The Hall–Kier alpha value is -3.18. The average molecular weight is 406 g/mol. The quantitative estimate of drug-likeness (QED) is 0.694. The predicted molar refractivity (Wildman–Crippen MR) is 111 cm³/mol. The highest BCUT2D eigenvalue weighted by molar-refractivity contribution is 6.30. The molecular weight excluding hydrogens is 386 g/mol. The zero-order chi connectivity index (χ0) is 20.4. The van der Waals surface area contributed by atoms with Crippen molar-refractivity contribution in [2.45, 2.75) is 24.9 Å². The Bertz CT molecular complexity index is 1040. The average Bonchev–Trinajstić information content (AvgIpc) is 3.15. The standard InChI is InChI=1S/C23H20ClN3O2/c24-18-10-8-15-9-11-20(19(15)13-18)27(23(29)16-5-2-1-3-6-16)21(22(25)28)17-7-4-12-26-14-17/h1-8,10,12-14,20-21H,9,11H2,(H2,25,28)/t20-,21?/m1/s1. The van der Waals surface area contributed by atoms with Gasteiger partial charge in [-0.3, -0.25) is 14.6 Å². The highest BCUT2D eigenvalue weighted by Gasteiger charge is 2.39. The smallest absolute Gasteiger partial charge is 0.255 e. The van der Waals surface area contributed by atoms with Gasteiger partial charge in [0.25, 0.3) is 5.91 Å². The van der Waals surface area contributed by atoms with Crippen LogP contribution >= 0.6 is 11.6 Å². The molecule has 1 aliphatic carbocycles. The van der Waals surface area contributed by atoms with Crippen molar-refractivity contribution in [1.29, 1.82) is 0 Å². The van der Waals surface area contributed by atoms with Crippen LogP contribution in [0.1, 0.15) is 45.6 Å². The lowest BCUT2D eigenvalue weighted by molar-refractivity contribution is -0.123. The van der Waals surface area contributed by atoms with Crippen molar-refractivity contribution in [3.63, 3.8) is 0 Å². The Morgan fingerprint density at radius 3 is 2.59 bits per heavy atom. The summed E-state index contributed by atoms with van der Waals surface area (Å²) in [5.41, 5.74) is 8.98. The Kier molecular flexibility index (Phi) is 5.32. The monoisotopic (exact) mass is 405 g/mol. The van der Waals surface area contributed by atoms with Gasteiger partial charge in [-0.05, 0) is 54.3 Å². The molecular formula is C23H20ClN3O2. The van der Waals surface area contributed by atoms with E-state index in [0.29, 0.717) is 22.6 Å². The van der Waals surface area contributed by atoms with E-state index < -0.39 is 11.9 Å². The fourth-order valence-electron chi connectivity index (χ4n) is 4.01. The minimum Gasteiger partial charge on any atom is -0.368 e. The number of nitrogens with two attached hydrogens (primary N) is 1. The molecule has 0 saturated heterocycles. The topological polar surface area (TPSA) is 76.3 Å². The van der Waals surface area contributed by atoms with Crippen LogP contribution in [0.4, 0.5) is 0 Å². The van der Waals surface area contributed by atoms with E-state index in [4.69, 9.17) is 17.3 Å². The van der Waals surface area contributed by atoms with Crippen molar-refractivity contribution in [1.82, 2.24) is 9.88 Å². The van der Waals surface area contributed by atoms with E-state index in [1.54, 1.807) is 53.7 Å². The highest BCUT2D eigenvalue weighted by atomic mass is 35.5. The Labute approximate surface area is 174 Å². The summed E-state index contributed by atoms with van der Waals surface area (Å²) in [6.07, 6.45) is 4.69. The third-order valence-corrected chi connectivity index (χ3v) is 5.53. The number of primary amides is 1. The summed E-state index contributed by atoms with van der Waals surface area (Å²) >= 11 is 6.24. The van der Waals surface area contributed by atoms with Gasteiger partial charge in [0, 0.05) is 28.5 Å². The number of benzene rings is 2. The molecule has 1 aromatic heterocycles. The second-order valence-electron chi connectivity index (χ2n) is 7.07. The number of fused-ring (bicyclic) bond motifs is 1. The zero-order valence-electron chi connectivity index (χ0n) is 15.7. The van der Waals surface area contributed by atoms with Gasteiger partial charge in [-0.15, -0.1) is 0 Å². The third-order valence-electron chi connectivity index (χ3n) is 5.29. The Balaban J connectivity index is 1.86. The van der Waals surface area contributed by atoms with E-state index in [-0.39, 0.29) is 11.9 Å². The highest BCUT2D eigenvalue weighted by Crippen LogP contribution is 2.42. The molecule has 2 aromatic carbocycles. The molecule has 0 spiro atoms. The molecule has 1 heterocycles. The lowest BCUT2D eigenvalue weighted by Crippen LogP contribution is -2.43. The predicted octanol–water partition coefficient (Wildman–Crippen LogP) is 4.09. The number of amides is 2. The van der Waals surface area contributed by atoms with Gasteiger partial charge in [0.05, 0.1) is 6.04 Å². The first-order valence-electron chi connectivity index (χ1n) is 9.41. The first kappa shape index (κ1) is 19.2. The molecule has 3 aromatic rings. The number of hydrogen-bond acceptors (Lipinski definition) is 3. The number of aromatic nitrogens is 1. The summed E-state index contributed by atoms with van der Waals surface area (Å²) in [5, 5.41) is 0.597. The molecule has 5 nitrogen and oxygen atoms in total. The second kappa shape index (κ2) is 8.05. The lowest BCUT2D eigenvalue weighted by Gasteiger charge is -2.35. The maximum atomic E-state index is 13.6. The molecule has 0 radical (unpaired) electrons. The van der Waals surface area contributed by atoms with Gasteiger partial charge in [0.2, 0.25) is 5.91 Å². The molecule has 0 saturated carbocycles. The van der Waals surface area contributed by atoms with Gasteiger partial charge in [-0.1, -0.05) is 41.9 Å². The summed E-state index contributed by atoms with van der Waals surface area (Å²) in [6.45, 7) is 0. The van der Waals surface area contributed by atoms with Crippen LogP contribution in [0.25, 0.3) is 0 Å². The van der Waals surface area contributed by atoms with E-state index in [2.05, 4.69) is 4.98 Å². The summed E-state index contributed by atoms with van der Waals surface area (Å²) in [7, 11) is 0. The van der Waals surface area contributed by atoms with Crippen LogP contribution in [0.5, 0.6) is 0 Å². The maximum absolute atomic E-state index is 13.6. The zero-order valence-corrected chi connectivity index (χ0v) is 16.4. The molecule has 0 bridgehead atoms. The normalized spacial score (nSPS) is 16.1. The van der Waals surface area contributed by atoms with Crippen LogP contribution in [-0.4, -0.2) is 21.7 Å². The molecule has 2 N–H and O–H groups in total. The van der Waals surface area contributed by atoms with E-state index >= 15 is 0 Å². The minimum atomic E-state index is -0.939. The number of nitrogens with zero attached hydrogens (tertiary/aromatic N) is 2. The van der Waals surface area contributed by atoms with Crippen molar-refractivity contribution in [3.05, 3.63) is 100 Å². The minimum absolute atomic E-state index is 0.254. The van der Waals surface area contributed by atoms with Crippen LogP contribution in [0.15, 0.2) is 73.1 Å². The van der Waals surface area contributed by atoms with Gasteiger partial charge in [-0.25, -0.2) is 0 Å². The molecule has 4 rings (SSSR count). The van der Waals surface area contributed by atoms with Crippen molar-refractivity contribution in [2.24, 2.45) is 5.73 Å². The SMILES string of the molecule is NC(=O)C(c1cccnc1)N(C(=O)c1ccccc1)[C@@H]1CCc2ccc(Cl)cc21. The van der Waals surface area contributed by atoms with Crippen LogP contribution in [-0.2, 0) is 11.2 Å². The van der Waals surface area contributed by atoms with Gasteiger partial charge >= 0.3 is 0 Å². The van der Waals surface area contributed by atoms with Crippen LogP contribution < -0.4 is 5.73 Å².